The number of hydrogen-bond acceptors (Lipinski definition) is 5. The summed E-state index contributed by atoms with van der Waals surface area (Å²) in [6.45, 7) is 4.18. The molecular weight excluding hydrogens is 268 g/mol. The summed E-state index contributed by atoms with van der Waals surface area (Å²) in [6, 6.07) is 8.12. The van der Waals surface area contributed by atoms with Crippen LogP contribution in [0.5, 0.6) is 0 Å². The molecule has 20 heavy (non-hydrogen) atoms. The third kappa shape index (κ3) is 2.67. The SMILES string of the molecule is Cc1cc(C)c2nc(NN=Cc3cccnc3)sc2c1. The molecule has 1 N–H and O–H groups in total. The zero-order valence-electron chi connectivity index (χ0n) is 11.3. The van der Waals surface area contributed by atoms with E-state index in [1.165, 1.54) is 15.8 Å². The number of rotatable bonds is 3. The molecule has 0 aliphatic rings. The van der Waals surface area contributed by atoms with Crippen molar-refractivity contribution in [1.82, 2.24) is 9.97 Å². The minimum Gasteiger partial charge on any atom is -0.264 e. The summed E-state index contributed by atoms with van der Waals surface area (Å²) in [5, 5.41) is 4.99. The molecule has 1 aromatic carbocycles. The number of benzene rings is 1. The van der Waals surface area contributed by atoms with Crippen molar-refractivity contribution in [2.45, 2.75) is 13.8 Å². The van der Waals surface area contributed by atoms with E-state index in [9.17, 15) is 0 Å². The first-order valence-corrected chi connectivity index (χ1v) is 7.11. The van der Waals surface area contributed by atoms with Crippen molar-refractivity contribution in [3.63, 3.8) is 0 Å². The molecule has 3 rings (SSSR count). The van der Waals surface area contributed by atoms with Gasteiger partial charge in [-0.15, -0.1) is 0 Å². The van der Waals surface area contributed by atoms with Gasteiger partial charge in [0.25, 0.3) is 0 Å². The summed E-state index contributed by atoms with van der Waals surface area (Å²) >= 11 is 1.61. The van der Waals surface area contributed by atoms with Crippen molar-refractivity contribution in [3.05, 3.63) is 53.3 Å². The van der Waals surface area contributed by atoms with Crippen LogP contribution >= 0.6 is 11.3 Å². The molecule has 0 aliphatic carbocycles. The monoisotopic (exact) mass is 282 g/mol. The summed E-state index contributed by atoms with van der Waals surface area (Å²) in [4.78, 5) is 8.60. The number of nitrogens with zero attached hydrogens (tertiary/aromatic N) is 3. The fourth-order valence-electron chi connectivity index (χ4n) is 2.03. The highest BCUT2D eigenvalue weighted by Crippen LogP contribution is 2.29. The maximum Gasteiger partial charge on any atom is 0.204 e. The van der Waals surface area contributed by atoms with Crippen LogP contribution in [-0.2, 0) is 0 Å². The third-order valence-corrected chi connectivity index (χ3v) is 3.80. The zero-order valence-corrected chi connectivity index (χ0v) is 12.1. The highest BCUT2D eigenvalue weighted by molar-refractivity contribution is 7.22. The summed E-state index contributed by atoms with van der Waals surface area (Å²) in [5.41, 5.74) is 7.42. The maximum atomic E-state index is 4.56. The van der Waals surface area contributed by atoms with E-state index in [0.29, 0.717) is 0 Å². The Bertz CT molecular complexity index is 762. The Morgan fingerprint density at radius 3 is 3.00 bits per heavy atom. The van der Waals surface area contributed by atoms with Crippen LogP contribution < -0.4 is 5.43 Å². The van der Waals surface area contributed by atoms with Gasteiger partial charge in [-0.1, -0.05) is 23.5 Å². The molecule has 0 amide bonds. The molecule has 0 atom stereocenters. The molecule has 3 aromatic rings. The average molecular weight is 282 g/mol. The van der Waals surface area contributed by atoms with Crippen LogP contribution in [0, 0.1) is 13.8 Å². The normalized spacial score (nSPS) is 11.3. The highest BCUT2D eigenvalue weighted by Gasteiger charge is 2.06. The fraction of sp³-hybridized carbons (Fsp3) is 0.133. The number of fused-ring (bicyclic) bond motifs is 1. The predicted molar refractivity (Wildman–Crippen MR) is 84.5 cm³/mol. The lowest BCUT2D eigenvalue weighted by Gasteiger charge is -1.95. The topological polar surface area (TPSA) is 50.2 Å². The largest absolute Gasteiger partial charge is 0.264 e. The Labute approximate surface area is 121 Å². The number of thiazole rings is 1. The van der Waals surface area contributed by atoms with Gasteiger partial charge in [-0.05, 0) is 37.1 Å². The number of aryl methyl sites for hydroxylation is 2. The quantitative estimate of drug-likeness (QED) is 0.588. The summed E-state index contributed by atoms with van der Waals surface area (Å²) < 4.78 is 1.18. The van der Waals surface area contributed by atoms with E-state index in [2.05, 4.69) is 46.5 Å². The Morgan fingerprint density at radius 1 is 1.30 bits per heavy atom. The van der Waals surface area contributed by atoms with Gasteiger partial charge < -0.3 is 0 Å². The first-order chi connectivity index (χ1) is 9.72. The number of aromatic nitrogens is 2. The van der Waals surface area contributed by atoms with E-state index in [1.807, 2.05) is 12.1 Å². The lowest BCUT2D eigenvalue weighted by atomic mass is 10.1. The van der Waals surface area contributed by atoms with Crippen LogP contribution in [0.2, 0.25) is 0 Å². The van der Waals surface area contributed by atoms with E-state index in [0.717, 1.165) is 16.2 Å². The zero-order chi connectivity index (χ0) is 13.9. The van der Waals surface area contributed by atoms with Crippen LogP contribution in [0.25, 0.3) is 10.2 Å². The molecule has 0 unspecified atom stereocenters. The van der Waals surface area contributed by atoms with E-state index < -0.39 is 0 Å². The van der Waals surface area contributed by atoms with Crippen LogP contribution in [0.1, 0.15) is 16.7 Å². The Kier molecular flexibility index (Phi) is 3.43. The third-order valence-electron chi connectivity index (χ3n) is 2.89. The predicted octanol–water partition coefficient (Wildman–Crippen LogP) is 3.75. The molecule has 0 aliphatic heterocycles. The van der Waals surface area contributed by atoms with E-state index >= 15 is 0 Å². The lowest BCUT2D eigenvalue weighted by Crippen LogP contribution is -1.90. The first-order valence-electron chi connectivity index (χ1n) is 6.29. The van der Waals surface area contributed by atoms with Crippen molar-refractivity contribution < 1.29 is 0 Å². The van der Waals surface area contributed by atoms with Gasteiger partial charge in [0.15, 0.2) is 0 Å². The molecule has 0 saturated carbocycles. The van der Waals surface area contributed by atoms with Gasteiger partial charge in [-0.25, -0.2) is 4.98 Å². The minimum atomic E-state index is 0.800. The van der Waals surface area contributed by atoms with Crippen LogP contribution in [0.15, 0.2) is 41.8 Å². The summed E-state index contributed by atoms with van der Waals surface area (Å²) in [6.07, 6.45) is 5.23. The van der Waals surface area contributed by atoms with Gasteiger partial charge in [-0.2, -0.15) is 5.10 Å². The molecule has 0 fully saturated rings. The van der Waals surface area contributed by atoms with Gasteiger partial charge >= 0.3 is 0 Å². The van der Waals surface area contributed by atoms with Gasteiger partial charge in [0, 0.05) is 18.0 Å². The Hall–Kier alpha value is -2.27. The molecule has 5 heteroatoms. The van der Waals surface area contributed by atoms with Crippen molar-refractivity contribution in [2.75, 3.05) is 5.43 Å². The molecular formula is C15H14N4S. The molecule has 2 heterocycles. The number of hydrazone groups is 1. The smallest absolute Gasteiger partial charge is 0.204 e. The van der Waals surface area contributed by atoms with Crippen LogP contribution in [0.4, 0.5) is 5.13 Å². The van der Waals surface area contributed by atoms with Crippen LogP contribution in [-0.4, -0.2) is 16.2 Å². The molecule has 0 saturated heterocycles. The first kappa shape index (κ1) is 12.7. The van der Waals surface area contributed by atoms with Crippen LogP contribution in [0.3, 0.4) is 0 Å². The van der Waals surface area contributed by atoms with Gasteiger partial charge in [0.05, 0.1) is 16.4 Å². The molecule has 0 bridgehead atoms. The Morgan fingerprint density at radius 2 is 2.20 bits per heavy atom. The fourth-order valence-corrected chi connectivity index (χ4v) is 3.02. The average Bonchev–Trinajstić information content (AvgIpc) is 2.83. The van der Waals surface area contributed by atoms with E-state index in [1.54, 1.807) is 29.9 Å². The molecule has 2 aromatic heterocycles. The van der Waals surface area contributed by atoms with Crippen molar-refractivity contribution in [3.8, 4) is 0 Å². The van der Waals surface area contributed by atoms with Gasteiger partial charge in [0.2, 0.25) is 5.13 Å². The maximum absolute atomic E-state index is 4.56. The van der Waals surface area contributed by atoms with E-state index in [-0.39, 0.29) is 0 Å². The number of anilines is 1. The van der Waals surface area contributed by atoms with Gasteiger partial charge in [-0.3, -0.25) is 10.4 Å². The van der Waals surface area contributed by atoms with Crippen molar-refractivity contribution >= 4 is 32.9 Å². The lowest BCUT2D eigenvalue weighted by molar-refractivity contribution is 1.28. The van der Waals surface area contributed by atoms with Crippen molar-refractivity contribution in [2.24, 2.45) is 5.10 Å². The van der Waals surface area contributed by atoms with E-state index in [4.69, 9.17) is 0 Å². The number of nitrogens with one attached hydrogen (secondary N) is 1. The number of hydrogen-bond donors (Lipinski definition) is 1. The molecule has 0 spiro atoms. The number of pyridine rings is 1. The second-order valence-corrected chi connectivity index (χ2v) is 5.63. The summed E-state index contributed by atoms with van der Waals surface area (Å²) in [7, 11) is 0. The standard InChI is InChI=1S/C15H14N4S/c1-10-6-11(2)14-13(7-10)20-15(18-14)19-17-9-12-4-3-5-16-8-12/h3-9H,1-2H3,(H,18,19). The molecule has 100 valence electrons. The Balaban J connectivity index is 1.82. The second-order valence-electron chi connectivity index (χ2n) is 4.60. The van der Waals surface area contributed by atoms with Gasteiger partial charge in [0.1, 0.15) is 0 Å². The second kappa shape index (κ2) is 5.38. The minimum absolute atomic E-state index is 0.800. The summed E-state index contributed by atoms with van der Waals surface area (Å²) in [5.74, 6) is 0. The molecule has 4 nitrogen and oxygen atoms in total. The van der Waals surface area contributed by atoms with Crippen molar-refractivity contribution in [1.29, 1.82) is 0 Å². The highest BCUT2D eigenvalue weighted by atomic mass is 32.1. The molecule has 0 radical (unpaired) electrons.